The number of carboxylic acid groups (broad SMARTS) is 1. The molecule has 1 aromatic heterocycles. The molecule has 6 heteroatoms. The summed E-state index contributed by atoms with van der Waals surface area (Å²) in [6.45, 7) is 1.79. The van der Waals surface area contributed by atoms with Gasteiger partial charge in [-0.1, -0.05) is 11.6 Å². The van der Waals surface area contributed by atoms with E-state index in [9.17, 15) is 9.59 Å². The molecule has 2 N–H and O–H groups in total. The lowest BCUT2D eigenvalue weighted by atomic mass is 10.2. The van der Waals surface area contributed by atoms with Crippen molar-refractivity contribution in [2.45, 2.75) is 26.2 Å². The fourth-order valence-corrected chi connectivity index (χ4v) is 1.35. The van der Waals surface area contributed by atoms with Crippen LogP contribution in [0.3, 0.4) is 0 Å². The molecule has 1 heterocycles. The Labute approximate surface area is 104 Å². The summed E-state index contributed by atoms with van der Waals surface area (Å²) < 4.78 is 0. The van der Waals surface area contributed by atoms with Gasteiger partial charge in [0, 0.05) is 12.8 Å². The molecule has 0 aromatic carbocycles. The van der Waals surface area contributed by atoms with Gasteiger partial charge in [0.2, 0.25) is 5.91 Å². The number of halogens is 1. The fraction of sp³-hybridized carbons (Fsp3) is 0.364. The minimum Gasteiger partial charge on any atom is -0.481 e. The van der Waals surface area contributed by atoms with Crippen molar-refractivity contribution in [1.29, 1.82) is 0 Å². The van der Waals surface area contributed by atoms with E-state index in [1.165, 1.54) is 6.20 Å². The summed E-state index contributed by atoms with van der Waals surface area (Å²) in [6, 6.07) is 1.71. The molecular weight excluding hydrogens is 244 g/mol. The van der Waals surface area contributed by atoms with Gasteiger partial charge in [0.15, 0.2) is 0 Å². The second-order valence-corrected chi connectivity index (χ2v) is 3.99. The van der Waals surface area contributed by atoms with Gasteiger partial charge in [-0.25, -0.2) is 4.98 Å². The van der Waals surface area contributed by atoms with E-state index in [-0.39, 0.29) is 18.7 Å². The number of carbonyl (C=O) groups excluding carboxylic acids is 1. The van der Waals surface area contributed by atoms with E-state index in [1.807, 2.05) is 0 Å². The first kappa shape index (κ1) is 13.4. The zero-order chi connectivity index (χ0) is 12.8. The molecule has 92 valence electrons. The smallest absolute Gasteiger partial charge is 0.303 e. The number of aliphatic carboxylic acids is 1. The Morgan fingerprint density at radius 1 is 1.47 bits per heavy atom. The van der Waals surface area contributed by atoms with E-state index in [2.05, 4.69) is 10.3 Å². The number of nitrogens with one attached hydrogen (secondary N) is 1. The fourth-order valence-electron chi connectivity index (χ4n) is 1.25. The van der Waals surface area contributed by atoms with Crippen LogP contribution in [0.2, 0.25) is 5.15 Å². The second-order valence-electron chi connectivity index (χ2n) is 3.63. The zero-order valence-corrected chi connectivity index (χ0v) is 10.1. The van der Waals surface area contributed by atoms with Crippen LogP contribution in [0.5, 0.6) is 0 Å². The number of hydrogen-bond donors (Lipinski definition) is 2. The Morgan fingerprint density at radius 3 is 2.76 bits per heavy atom. The minimum absolute atomic E-state index is 0.00862. The highest BCUT2D eigenvalue weighted by atomic mass is 35.5. The van der Waals surface area contributed by atoms with E-state index >= 15 is 0 Å². The third-order valence-corrected chi connectivity index (χ3v) is 2.49. The molecule has 0 unspecified atom stereocenters. The van der Waals surface area contributed by atoms with E-state index in [0.717, 1.165) is 5.56 Å². The maximum absolute atomic E-state index is 11.4. The van der Waals surface area contributed by atoms with Crippen molar-refractivity contribution in [3.05, 3.63) is 23.0 Å². The molecule has 0 aliphatic rings. The van der Waals surface area contributed by atoms with Crippen LogP contribution >= 0.6 is 11.6 Å². The summed E-state index contributed by atoms with van der Waals surface area (Å²) >= 11 is 5.75. The summed E-state index contributed by atoms with van der Waals surface area (Å²) in [4.78, 5) is 25.6. The number of carbonyl (C=O) groups is 2. The largest absolute Gasteiger partial charge is 0.481 e. The lowest BCUT2D eigenvalue weighted by molar-refractivity contribution is -0.137. The Balaban J connectivity index is 2.45. The molecule has 1 aromatic rings. The molecule has 0 spiro atoms. The molecule has 1 amide bonds. The number of aromatic nitrogens is 1. The maximum Gasteiger partial charge on any atom is 0.303 e. The molecule has 1 rings (SSSR count). The average Bonchev–Trinajstić information content (AvgIpc) is 2.23. The number of rotatable bonds is 5. The van der Waals surface area contributed by atoms with Gasteiger partial charge in [0.05, 0.1) is 11.9 Å². The van der Waals surface area contributed by atoms with Crippen molar-refractivity contribution in [2.24, 2.45) is 0 Å². The molecule has 0 aliphatic carbocycles. The third kappa shape index (κ3) is 4.82. The quantitative estimate of drug-likeness (QED) is 0.792. The van der Waals surface area contributed by atoms with Gasteiger partial charge >= 0.3 is 5.97 Å². The summed E-state index contributed by atoms with van der Waals surface area (Å²) in [5, 5.41) is 11.5. The van der Waals surface area contributed by atoms with Crippen molar-refractivity contribution >= 4 is 29.2 Å². The van der Waals surface area contributed by atoms with Gasteiger partial charge < -0.3 is 10.4 Å². The molecule has 0 fully saturated rings. The molecule has 0 saturated heterocycles. The Morgan fingerprint density at radius 2 is 2.18 bits per heavy atom. The van der Waals surface area contributed by atoms with Crippen LogP contribution in [-0.2, 0) is 9.59 Å². The lowest BCUT2D eigenvalue weighted by Gasteiger charge is -2.05. The normalized spacial score (nSPS) is 10.0. The Hall–Kier alpha value is -1.62. The van der Waals surface area contributed by atoms with Crippen LogP contribution in [-0.4, -0.2) is 22.0 Å². The number of nitrogens with zero attached hydrogens (tertiary/aromatic N) is 1. The van der Waals surface area contributed by atoms with E-state index in [0.29, 0.717) is 17.3 Å². The van der Waals surface area contributed by atoms with Gasteiger partial charge in [-0.05, 0) is 25.0 Å². The van der Waals surface area contributed by atoms with E-state index in [1.54, 1.807) is 13.0 Å². The van der Waals surface area contributed by atoms with Gasteiger partial charge in [0.1, 0.15) is 5.15 Å². The van der Waals surface area contributed by atoms with Crippen molar-refractivity contribution in [3.63, 3.8) is 0 Å². The molecule has 17 heavy (non-hydrogen) atoms. The Bertz CT molecular complexity index is 435. The van der Waals surface area contributed by atoms with Gasteiger partial charge in [-0.2, -0.15) is 0 Å². The summed E-state index contributed by atoms with van der Waals surface area (Å²) in [7, 11) is 0. The number of hydrogen-bond acceptors (Lipinski definition) is 3. The third-order valence-electron chi connectivity index (χ3n) is 2.09. The van der Waals surface area contributed by atoms with Crippen molar-refractivity contribution < 1.29 is 14.7 Å². The van der Waals surface area contributed by atoms with Crippen LogP contribution in [0.4, 0.5) is 5.69 Å². The topological polar surface area (TPSA) is 79.3 Å². The first-order chi connectivity index (χ1) is 7.99. The number of amides is 1. The first-order valence-electron chi connectivity index (χ1n) is 5.13. The first-order valence-corrected chi connectivity index (χ1v) is 5.50. The predicted molar refractivity (Wildman–Crippen MR) is 64.1 cm³/mol. The van der Waals surface area contributed by atoms with E-state index < -0.39 is 5.97 Å². The summed E-state index contributed by atoms with van der Waals surface area (Å²) in [5.41, 5.74) is 1.34. The second kappa shape index (κ2) is 6.20. The van der Waals surface area contributed by atoms with Gasteiger partial charge in [-0.3, -0.25) is 9.59 Å². The number of anilines is 1. The Kier molecular flexibility index (Phi) is 4.90. The van der Waals surface area contributed by atoms with Crippen molar-refractivity contribution in [1.82, 2.24) is 4.98 Å². The summed E-state index contributed by atoms with van der Waals surface area (Å²) in [5.74, 6) is -1.13. The van der Waals surface area contributed by atoms with Crippen LogP contribution in [0, 0.1) is 6.92 Å². The number of aryl methyl sites for hydroxylation is 1. The SMILES string of the molecule is Cc1cc(NC(=O)CCCC(=O)O)cnc1Cl. The van der Waals surface area contributed by atoms with Gasteiger partial charge in [-0.15, -0.1) is 0 Å². The molecule has 0 bridgehead atoms. The van der Waals surface area contributed by atoms with Crippen LogP contribution in [0.15, 0.2) is 12.3 Å². The highest BCUT2D eigenvalue weighted by Gasteiger charge is 2.05. The molecular formula is C11H13ClN2O3. The minimum atomic E-state index is -0.901. The summed E-state index contributed by atoms with van der Waals surface area (Å²) in [6.07, 6.45) is 1.95. The molecule has 5 nitrogen and oxygen atoms in total. The van der Waals surface area contributed by atoms with Crippen LogP contribution < -0.4 is 5.32 Å². The maximum atomic E-state index is 11.4. The molecule has 0 radical (unpaired) electrons. The van der Waals surface area contributed by atoms with Crippen molar-refractivity contribution in [2.75, 3.05) is 5.32 Å². The standard InChI is InChI=1S/C11H13ClN2O3/c1-7-5-8(6-13-11(7)12)14-9(15)3-2-4-10(16)17/h5-6H,2-4H2,1H3,(H,14,15)(H,16,17). The zero-order valence-electron chi connectivity index (χ0n) is 9.36. The highest BCUT2D eigenvalue weighted by molar-refractivity contribution is 6.30. The molecule has 0 saturated carbocycles. The average molecular weight is 257 g/mol. The molecule has 0 aliphatic heterocycles. The molecule has 0 atom stereocenters. The number of pyridine rings is 1. The van der Waals surface area contributed by atoms with Crippen LogP contribution in [0.25, 0.3) is 0 Å². The van der Waals surface area contributed by atoms with E-state index in [4.69, 9.17) is 16.7 Å². The lowest BCUT2D eigenvalue weighted by Crippen LogP contribution is -2.12. The van der Waals surface area contributed by atoms with Gasteiger partial charge in [0.25, 0.3) is 0 Å². The highest BCUT2D eigenvalue weighted by Crippen LogP contribution is 2.16. The number of carboxylic acids is 1. The monoisotopic (exact) mass is 256 g/mol. The van der Waals surface area contributed by atoms with Crippen LogP contribution in [0.1, 0.15) is 24.8 Å². The van der Waals surface area contributed by atoms with Crippen molar-refractivity contribution in [3.8, 4) is 0 Å². The predicted octanol–water partition coefficient (Wildman–Crippen LogP) is 2.24.